The number of amides is 3. The normalized spacial score (nSPS) is 29.8. The molecule has 3 amide bonds. The van der Waals surface area contributed by atoms with Crippen LogP contribution < -0.4 is 10.6 Å². The van der Waals surface area contributed by atoms with Crippen molar-refractivity contribution in [3.05, 3.63) is 35.9 Å². The van der Waals surface area contributed by atoms with E-state index in [0.29, 0.717) is 19.0 Å². The summed E-state index contributed by atoms with van der Waals surface area (Å²) in [6.07, 6.45) is 1.66. The highest BCUT2D eigenvalue weighted by Gasteiger charge is 2.53. The molecule has 1 aromatic carbocycles. The molecule has 0 aliphatic carbocycles. The molecule has 106 valence electrons. The highest BCUT2D eigenvalue weighted by Crippen LogP contribution is 2.32. The third kappa shape index (κ3) is 2.18. The number of nitrogens with zero attached hydrogens (tertiary/aromatic N) is 1. The molecule has 1 spiro atoms. The standard InChI is InChI=1S/C15H19N3O2/c1-2-12-8-15(13(19)16-14(20)17-15)10-18(12)9-11-6-4-3-5-7-11/h3-7,12H,2,8-10H2,1H3,(H2,16,17,19,20)/t12-,15-/m1/s1. The van der Waals surface area contributed by atoms with Crippen molar-refractivity contribution in [2.45, 2.75) is 37.9 Å². The van der Waals surface area contributed by atoms with E-state index in [9.17, 15) is 9.59 Å². The molecule has 2 aliphatic rings. The van der Waals surface area contributed by atoms with Gasteiger partial charge in [0.2, 0.25) is 0 Å². The Hall–Kier alpha value is -1.88. The van der Waals surface area contributed by atoms with Gasteiger partial charge in [0.05, 0.1) is 0 Å². The Morgan fingerprint density at radius 3 is 2.65 bits per heavy atom. The Kier molecular flexibility index (Phi) is 3.22. The fraction of sp³-hybridized carbons (Fsp3) is 0.467. The van der Waals surface area contributed by atoms with Crippen molar-refractivity contribution in [2.24, 2.45) is 0 Å². The van der Waals surface area contributed by atoms with Gasteiger partial charge in [0.25, 0.3) is 5.91 Å². The minimum Gasteiger partial charge on any atom is -0.322 e. The van der Waals surface area contributed by atoms with Crippen molar-refractivity contribution in [3.63, 3.8) is 0 Å². The molecule has 2 fully saturated rings. The van der Waals surface area contributed by atoms with Gasteiger partial charge in [-0.05, 0) is 18.4 Å². The van der Waals surface area contributed by atoms with Gasteiger partial charge in [-0.3, -0.25) is 15.0 Å². The summed E-state index contributed by atoms with van der Waals surface area (Å²) in [5.41, 5.74) is 0.500. The maximum atomic E-state index is 12.0. The zero-order chi connectivity index (χ0) is 14.2. The van der Waals surface area contributed by atoms with Crippen LogP contribution >= 0.6 is 0 Å². The molecule has 0 saturated carbocycles. The number of hydrogen-bond acceptors (Lipinski definition) is 3. The molecule has 1 aromatic rings. The Morgan fingerprint density at radius 1 is 1.30 bits per heavy atom. The Bertz CT molecular complexity index is 531. The van der Waals surface area contributed by atoms with Crippen molar-refractivity contribution >= 4 is 11.9 Å². The summed E-state index contributed by atoms with van der Waals surface area (Å²) < 4.78 is 0. The fourth-order valence-electron chi connectivity index (χ4n) is 3.26. The minimum absolute atomic E-state index is 0.184. The lowest BCUT2D eigenvalue weighted by atomic mass is 9.95. The van der Waals surface area contributed by atoms with E-state index in [1.165, 1.54) is 5.56 Å². The average Bonchev–Trinajstić information content (AvgIpc) is 2.91. The van der Waals surface area contributed by atoms with Crippen molar-refractivity contribution in [1.29, 1.82) is 0 Å². The van der Waals surface area contributed by atoms with Gasteiger partial charge in [-0.2, -0.15) is 0 Å². The first-order chi connectivity index (χ1) is 9.63. The molecule has 2 atom stereocenters. The third-order valence-electron chi connectivity index (χ3n) is 4.29. The number of urea groups is 1. The first-order valence-electron chi connectivity index (χ1n) is 7.04. The molecule has 20 heavy (non-hydrogen) atoms. The van der Waals surface area contributed by atoms with Crippen LogP contribution in [0.3, 0.4) is 0 Å². The number of imide groups is 1. The van der Waals surface area contributed by atoms with Crippen LogP contribution in [0.2, 0.25) is 0 Å². The molecule has 2 aliphatic heterocycles. The predicted octanol–water partition coefficient (Wildman–Crippen LogP) is 1.25. The smallest absolute Gasteiger partial charge is 0.322 e. The monoisotopic (exact) mass is 273 g/mol. The molecule has 2 heterocycles. The minimum atomic E-state index is -0.730. The largest absolute Gasteiger partial charge is 0.322 e. The van der Waals surface area contributed by atoms with Gasteiger partial charge >= 0.3 is 6.03 Å². The number of hydrogen-bond donors (Lipinski definition) is 2. The van der Waals surface area contributed by atoms with E-state index in [2.05, 4.69) is 34.6 Å². The zero-order valence-electron chi connectivity index (χ0n) is 11.6. The lowest BCUT2D eigenvalue weighted by molar-refractivity contribution is -0.123. The average molecular weight is 273 g/mol. The van der Waals surface area contributed by atoms with Crippen molar-refractivity contribution < 1.29 is 9.59 Å². The summed E-state index contributed by atoms with van der Waals surface area (Å²) in [6, 6.07) is 10.2. The molecule has 2 N–H and O–H groups in total. The second-order valence-electron chi connectivity index (χ2n) is 5.65. The van der Waals surface area contributed by atoms with Crippen LogP contribution in [0.1, 0.15) is 25.3 Å². The second-order valence-corrected chi connectivity index (χ2v) is 5.65. The van der Waals surface area contributed by atoms with Gasteiger partial charge in [0.15, 0.2) is 0 Å². The van der Waals surface area contributed by atoms with E-state index in [1.807, 2.05) is 18.2 Å². The van der Waals surface area contributed by atoms with Crippen LogP contribution in [-0.4, -0.2) is 35.0 Å². The summed E-state index contributed by atoms with van der Waals surface area (Å²) in [6.45, 7) is 3.51. The summed E-state index contributed by atoms with van der Waals surface area (Å²) in [4.78, 5) is 25.8. The van der Waals surface area contributed by atoms with Crippen LogP contribution in [0.4, 0.5) is 4.79 Å². The zero-order valence-corrected chi connectivity index (χ0v) is 11.6. The first-order valence-corrected chi connectivity index (χ1v) is 7.04. The van der Waals surface area contributed by atoms with Gasteiger partial charge in [-0.1, -0.05) is 37.3 Å². The second kappa shape index (κ2) is 4.90. The summed E-state index contributed by atoms with van der Waals surface area (Å²) >= 11 is 0. The number of carbonyl (C=O) groups excluding carboxylic acids is 2. The van der Waals surface area contributed by atoms with Crippen LogP contribution in [0, 0.1) is 0 Å². The van der Waals surface area contributed by atoms with E-state index in [0.717, 1.165) is 13.0 Å². The van der Waals surface area contributed by atoms with Gasteiger partial charge in [-0.15, -0.1) is 0 Å². The molecule has 5 nitrogen and oxygen atoms in total. The molecular formula is C15H19N3O2. The van der Waals surface area contributed by atoms with Gasteiger partial charge in [-0.25, -0.2) is 4.79 Å². The van der Waals surface area contributed by atoms with Crippen molar-refractivity contribution in [2.75, 3.05) is 6.54 Å². The Balaban J connectivity index is 1.78. The lowest BCUT2D eigenvalue weighted by Crippen LogP contribution is -2.48. The van der Waals surface area contributed by atoms with E-state index in [4.69, 9.17) is 0 Å². The van der Waals surface area contributed by atoms with Gasteiger partial charge in [0, 0.05) is 19.1 Å². The van der Waals surface area contributed by atoms with Crippen molar-refractivity contribution in [1.82, 2.24) is 15.5 Å². The first kappa shape index (κ1) is 13.1. The van der Waals surface area contributed by atoms with E-state index in [1.54, 1.807) is 0 Å². The van der Waals surface area contributed by atoms with Crippen LogP contribution in [0.15, 0.2) is 30.3 Å². The molecule has 0 aromatic heterocycles. The molecule has 2 saturated heterocycles. The molecule has 0 radical (unpaired) electrons. The summed E-state index contributed by atoms with van der Waals surface area (Å²) in [7, 11) is 0. The molecule has 0 unspecified atom stereocenters. The molecule has 3 rings (SSSR count). The van der Waals surface area contributed by atoms with E-state index < -0.39 is 5.54 Å². The number of nitrogens with one attached hydrogen (secondary N) is 2. The lowest BCUT2D eigenvalue weighted by Gasteiger charge is -2.23. The topological polar surface area (TPSA) is 61.4 Å². The van der Waals surface area contributed by atoms with Crippen LogP contribution in [-0.2, 0) is 11.3 Å². The maximum absolute atomic E-state index is 12.0. The van der Waals surface area contributed by atoms with Gasteiger partial charge < -0.3 is 5.32 Å². The Labute approximate surface area is 118 Å². The van der Waals surface area contributed by atoms with Crippen LogP contribution in [0.5, 0.6) is 0 Å². The number of rotatable bonds is 3. The fourth-order valence-corrected chi connectivity index (χ4v) is 3.26. The number of likely N-dealkylation sites (tertiary alicyclic amines) is 1. The summed E-state index contributed by atoms with van der Waals surface area (Å²) in [5.74, 6) is -0.184. The number of benzene rings is 1. The van der Waals surface area contributed by atoms with Crippen molar-refractivity contribution in [3.8, 4) is 0 Å². The third-order valence-corrected chi connectivity index (χ3v) is 4.29. The number of carbonyl (C=O) groups is 2. The summed E-state index contributed by atoms with van der Waals surface area (Å²) in [5, 5.41) is 5.18. The highest BCUT2D eigenvalue weighted by atomic mass is 16.2. The molecule has 0 bridgehead atoms. The van der Waals surface area contributed by atoms with Gasteiger partial charge in [0.1, 0.15) is 5.54 Å². The van der Waals surface area contributed by atoms with E-state index >= 15 is 0 Å². The molecular weight excluding hydrogens is 254 g/mol. The molecule has 5 heteroatoms. The van der Waals surface area contributed by atoms with Crippen LogP contribution in [0.25, 0.3) is 0 Å². The predicted molar refractivity (Wildman–Crippen MR) is 75.0 cm³/mol. The SMILES string of the molecule is CC[C@@H]1C[C@]2(CN1Cc1ccccc1)NC(=O)NC2=O. The van der Waals surface area contributed by atoms with E-state index in [-0.39, 0.29) is 11.9 Å². The quantitative estimate of drug-likeness (QED) is 0.815. The highest BCUT2D eigenvalue weighted by molar-refractivity contribution is 6.07. The Morgan fingerprint density at radius 2 is 2.05 bits per heavy atom. The maximum Gasteiger partial charge on any atom is 0.322 e.